The van der Waals surface area contributed by atoms with Crippen LogP contribution in [0.2, 0.25) is 13.1 Å². The number of benzene rings is 2. The summed E-state index contributed by atoms with van der Waals surface area (Å²) in [5.41, 5.74) is 4.07. The fourth-order valence-electron chi connectivity index (χ4n) is 4.80. The summed E-state index contributed by atoms with van der Waals surface area (Å²) in [6.07, 6.45) is 3.27. The largest absolute Gasteiger partial charge is 0.497 e. The van der Waals surface area contributed by atoms with Crippen molar-refractivity contribution >= 4 is 37.5 Å². The van der Waals surface area contributed by atoms with Gasteiger partial charge in [0.25, 0.3) is 0 Å². The molecule has 0 bridgehead atoms. The summed E-state index contributed by atoms with van der Waals surface area (Å²) in [7, 11) is 2.14. The molecular formula is C30H42N4O5Si. The lowest BCUT2D eigenvalue weighted by molar-refractivity contribution is 0.0204. The van der Waals surface area contributed by atoms with Gasteiger partial charge in [0.05, 0.1) is 37.6 Å². The Morgan fingerprint density at radius 2 is 1.68 bits per heavy atom. The van der Waals surface area contributed by atoms with Gasteiger partial charge in [0.2, 0.25) is 0 Å². The van der Waals surface area contributed by atoms with Gasteiger partial charge in [-0.3, -0.25) is 4.98 Å². The molecular weight excluding hydrogens is 524 g/mol. The van der Waals surface area contributed by atoms with E-state index in [0.717, 1.165) is 52.4 Å². The lowest BCUT2D eigenvalue weighted by Crippen LogP contribution is -2.41. The van der Waals surface area contributed by atoms with Crippen LogP contribution in [-0.2, 0) is 9.16 Å². The molecule has 2 aromatic carbocycles. The van der Waals surface area contributed by atoms with E-state index in [2.05, 4.69) is 30.1 Å². The molecule has 1 aliphatic rings. The number of amides is 1. The SMILES string of the molecule is COc1cc(OC)cc(N(CCO[SiH](C)C)c2ccc3ncc(C4CCN(C(=O)OC(C)(C)C)CC4)nc3c2)c1. The first kappa shape index (κ1) is 29.6. The predicted octanol–water partition coefficient (Wildman–Crippen LogP) is 5.90. The van der Waals surface area contributed by atoms with E-state index in [-0.39, 0.29) is 12.0 Å². The Balaban J connectivity index is 1.58. The van der Waals surface area contributed by atoms with Crippen molar-refractivity contribution in [1.82, 2.24) is 14.9 Å². The average Bonchev–Trinajstić information content (AvgIpc) is 2.93. The number of anilines is 2. The minimum absolute atomic E-state index is 0.238. The lowest BCUT2D eigenvalue weighted by atomic mass is 9.94. The molecule has 9 nitrogen and oxygen atoms in total. The number of carbonyl (C=O) groups is 1. The second kappa shape index (κ2) is 12.9. The Bertz CT molecular complexity index is 1280. The molecule has 40 heavy (non-hydrogen) atoms. The first-order valence-corrected chi connectivity index (χ1v) is 16.7. The molecule has 1 amide bonds. The standard InChI is InChI=1S/C30H42N4O5Si/c1-30(2,3)39-29(35)33-12-10-21(11-13-33)28-20-31-26-9-8-22(18-27(26)32-28)34(14-15-38-40(6)7)23-16-24(36-4)19-25(17-23)37-5/h8-9,16-21,40H,10-15H2,1-7H3. The maximum Gasteiger partial charge on any atom is 0.410 e. The Kier molecular flexibility index (Phi) is 9.52. The maximum absolute atomic E-state index is 12.5. The fraction of sp³-hybridized carbons (Fsp3) is 0.500. The van der Waals surface area contributed by atoms with Gasteiger partial charge in [-0.05, 0) is 64.9 Å². The highest BCUT2D eigenvalue weighted by molar-refractivity contribution is 6.48. The van der Waals surface area contributed by atoms with Crippen molar-refractivity contribution in [3.05, 3.63) is 48.3 Å². The quantitative estimate of drug-likeness (QED) is 0.296. The monoisotopic (exact) mass is 566 g/mol. The van der Waals surface area contributed by atoms with Crippen LogP contribution >= 0.6 is 0 Å². The molecule has 10 heteroatoms. The number of hydrogen-bond donors (Lipinski definition) is 0. The van der Waals surface area contributed by atoms with Gasteiger partial charge in [0.1, 0.15) is 17.1 Å². The Labute approximate surface area is 239 Å². The third-order valence-electron chi connectivity index (χ3n) is 6.84. The lowest BCUT2D eigenvalue weighted by Gasteiger charge is -2.33. The van der Waals surface area contributed by atoms with Crippen molar-refractivity contribution in [2.45, 2.75) is 58.2 Å². The zero-order valence-corrected chi connectivity index (χ0v) is 25.9. The summed E-state index contributed by atoms with van der Waals surface area (Å²) < 4.78 is 22.7. The van der Waals surface area contributed by atoms with Crippen LogP contribution in [0, 0.1) is 0 Å². The minimum atomic E-state index is -1.17. The normalized spacial score (nSPS) is 14.4. The van der Waals surface area contributed by atoms with Gasteiger partial charge in [-0.1, -0.05) is 0 Å². The fourth-order valence-corrected chi connectivity index (χ4v) is 5.38. The molecule has 216 valence electrons. The van der Waals surface area contributed by atoms with Crippen LogP contribution < -0.4 is 14.4 Å². The molecule has 0 spiro atoms. The number of methoxy groups -OCH3 is 2. The summed E-state index contributed by atoms with van der Waals surface area (Å²) in [4.78, 5) is 26.3. The second-order valence-electron chi connectivity index (χ2n) is 11.4. The smallest absolute Gasteiger partial charge is 0.410 e. The highest BCUT2D eigenvalue weighted by atomic mass is 28.3. The van der Waals surface area contributed by atoms with E-state index < -0.39 is 14.6 Å². The Morgan fingerprint density at radius 1 is 1.00 bits per heavy atom. The molecule has 2 heterocycles. The number of rotatable bonds is 9. The Hall–Kier alpha value is -3.37. The van der Waals surface area contributed by atoms with Crippen molar-refractivity contribution in [3.63, 3.8) is 0 Å². The van der Waals surface area contributed by atoms with Crippen molar-refractivity contribution in [1.29, 1.82) is 0 Å². The van der Waals surface area contributed by atoms with Crippen molar-refractivity contribution in [2.24, 2.45) is 0 Å². The van der Waals surface area contributed by atoms with Gasteiger partial charge in [-0.2, -0.15) is 0 Å². The van der Waals surface area contributed by atoms with Crippen LogP contribution in [0.3, 0.4) is 0 Å². The van der Waals surface area contributed by atoms with Crippen LogP contribution in [0.15, 0.2) is 42.6 Å². The van der Waals surface area contributed by atoms with Gasteiger partial charge in [0.15, 0.2) is 9.04 Å². The number of aromatic nitrogens is 2. The number of nitrogens with zero attached hydrogens (tertiary/aromatic N) is 4. The summed E-state index contributed by atoms with van der Waals surface area (Å²) >= 11 is 0. The molecule has 0 unspecified atom stereocenters. The van der Waals surface area contributed by atoms with Crippen molar-refractivity contribution in [2.75, 3.05) is 45.4 Å². The molecule has 0 N–H and O–H groups in total. The number of ether oxygens (including phenoxy) is 3. The number of fused-ring (bicyclic) bond motifs is 1. The van der Waals surface area contributed by atoms with E-state index in [1.807, 2.05) is 51.2 Å². The molecule has 0 saturated carbocycles. The summed E-state index contributed by atoms with van der Waals surface area (Å²) in [6.45, 7) is 12.6. The second-order valence-corrected chi connectivity index (χ2v) is 13.8. The number of hydrogen-bond acceptors (Lipinski definition) is 8. The predicted molar refractivity (Wildman–Crippen MR) is 161 cm³/mol. The van der Waals surface area contributed by atoms with Crippen LogP contribution in [0.4, 0.5) is 16.2 Å². The van der Waals surface area contributed by atoms with E-state index in [1.165, 1.54) is 0 Å². The summed E-state index contributed by atoms with van der Waals surface area (Å²) in [6, 6.07) is 12.0. The molecule has 0 atom stereocenters. The highest BCUT2D eigenvalue weighted by Crippen LogP contribution is 2.34. The topological polar surface area (TPSA) is 86.3 Å². The molecule has 1 fully saturated rings. The molecule has 0 radical (unpaired) electrons. The maximum atomic E-state index is 12.5. The van der Waals surface area contributed by atoms with Gasteiger partial charge in [-0.25, -0.2) is 9.78 Å². The zero-order valence-electron chi connectivity index (χ0n) is 24.8. The van der Waals surface area contributed by atoms with Gasteiger partial charge < -0.3 is 28.4 Å². The first-order chi connectivity index (χ1) is 19.1. The van der Waals surface area contributed by atoms with Crippen LogP contribution in [0.1, 0.15) is 45.2 Å². The molecule has 1 saturated heterocycles. The molecule has 4 rings (SSSR count). The molecule has 1 aromatic heterocycles. The summed E-state index contributed by atoms with van der Waals surface area (Å²) in [5.74, 6) is 1.68. The van der Waals surface area contributed by atoms with Crippen molar-refractivity contribution in [3.8, 4) is 11.5 Å². The van der Waals surface area contributed by atoms with E-state index in [9.17, 15) is 4.79 Å². The first-order valence-electron chi connectivity index (χ1n) is 13.9. The average molecular weight is 567 g/mol. The van der Waals surface area contributed by atoms with Crippen LogP contribution in [-0.4, -0.2) is 76.1 Å². The number of carbonyl (C=O) groups excluding carboxylic acids is 1. The number of likely N-dealkylation sites (tertiary alicyclic amines) is 1. The third-order valence-corrected chi connectivity index (χ3v) is 7.74. The van der Waals surface area contributed by atoms with Crippen LogP contribution in [0.5, 0.6) is 11.5 Å². The van der Waals surface area contributed by atoms with Gasteiger partial charge >= 0.3 is 6.09 Å². The van der Waals surface area contributed by atoms with E-state index >= 15 is 0 Å². The van der Waals surface area contributed by atoms with Gasteiger partial charge in [-0.15, -0.1) is 0 Å². The van der Waals surface area contributed by atoms with E-state index in [1.54, 1.807) is 19.1 Å². The third kappa shape index (κ3) is 7.63. The van der Waals surface area contributed by atoms with Crippen molar-refractivity contribution < 1.29 is 23.4 Å². The molecule has 0 aliphatic carbocycles. The van der Waals surface area contributed by atoms with Gasteiger partial charge in [0, 0.05) is 61.3 Å². The Morgan fingerprint density at radius 3 is 2.27 bits per heavy atom. The molecule has 3 aromatic rings. The van der Waals surface area contributed by atoms with E-state index in [4.69, 9.17) is 28.6 Å². The highest BCUT2D eigenvalue weighted by Gasteiger charge is 2.28. The van der Waals surface area contributed by atoms with E-state index in [0.29, 0.717) is 26.2 Å². The summed E-state index contributed by atoms with van der Waals surface area (Å²) in [5, 5.41) is 0. The minimum Gasteiger partial charge on any atom is -0.497 e. The molecule has 1 aliphatic heterocycles. The number of piperidine rings is 1. The zero-order chi connectivity index (χ0) is 28.9. The van der Waals surface area contributed by atoms with Crippen LogP contribution in [0.25, 0.3) is 11.0 Å².